The molecule has 4 saturated carbocycles. The SMILES string of the molecule is Oc1cccc([C@@H](O)CNC23CC4CC(CC(C4)C2)C3)c1. The molecule has 3 nitrogen and oxygen atoms in total. The van der Waals surface area contributed by atoms with Gasteiger partial charge in [0, 0.05) is 12.1 Å². The first-order valence-corrected chi connectivity index (χ1v) is 8.34. The number of benzene rings is 1. The second-order valence-electron chi connectivity index (χ2n) is 7.69. The van der Waals surface area contributed by atoms with E-state index >= 15 is 0 Å². The number of aliphatic hydroxyl groups excluding tert-OH is 1. The first-order valence-electron chi connectivity index (χ1n) is 8.34. The molecular formula is C18H25NO2. The van der Waals surface area contributed by atoms with Gasteiger partial charge in [0.15, 0.2) is 0 Å². The van der Waals surface area contributed by atoms with Crippen molar-refractivity contribution in [2.24, 2.45) is 17.8 Å². The van der Waals surface area contributed by atoms with Crippen LogP contribution < -0.4 is 5.32 Å². The summed E-state index contributed by atoms with van der Waals surface area (Å²) in [5.41, 5.74) is 1.08. The molecule has 4 aliphatic rings. The van der Waals surface area contributed by atoms with Gasteiger partial charge in [-0.15, -0.1) is 0 Å². The minimum atomic E-state index is -0.537. The molecule has 0 amide bonds. The number of β-amino-alcohol motifs (C(OH)–C–C–N with tert-alkyl or cyclic N) is 1. The highest BCUT2D eigenvalue weighted by atomic mass is 16.3. The third-order valence-corrected chi connectivity index (χ3v) is 5.96. The third kappa shape index (κ3) is 2.58. The van der Waals surface area contributed by atoms with Gasteiger partial charge < -0.3 is 15.5 Å². The zero-order chi connectivity index (χ0) is 14.4. The van der Waals surface area contributed by atoms with Gasteiger partial charge in [-0.3, -0.25) is 0 Å². The second-order valence-corrected chi connectivity index (χ2v) is 7.69. The Kier molecular flexibility index (Phi) is 3.23. The molecule has 5 rings (SSSR count). The molecule has 0 unspecified atom stereocenters. The lowest BCUT2D eigenvalue weighted by atomic mass is 9.53. The first kappa shape index (κ1) is 13.6. The van der Waals surface area contributed by atoms with E-state index in [1.165, 1.54) is 38.5 Å². The minimum absolute atomic E-state index is 0.223. The van der Waals surface area contributed by atoms with Gasteiger partial charge in [-0.25, -0.2) is 0 Å². The fourth-order valence-electron chi connectivity index (χ4n) is 5.49. The summed E-state index contributed by atoms with van der Waals surface area (Å²) < 4.78 is 0. The molecule has 3 heteroatoms. The van der Waals surface area contributed by atoms with Gasteiger partial charge in [-0.2, -0.15) is 0 Å². The minimum Gasteiger partial charge on any atom is -0.508 e. The zero-order valence-corrected chi connectivity index (χ0v) is 12.5. The molecule has 0 saturated heterocycles. The molecule has 0 heterocycles. The van der Waals surface area contributed by atoms with Crippen LogP contribution in [0.3, 0.4) is 0 Å². The summed E-state index contributed by atoms with van der Waals surface area (Å²) >= 11 is 0. The Balaban J connectivity index is 1.42. The van der Waals surface area contributed by atoms with Crippen LogP contribution in [-0.2, 0) is 0 Å². The lowest BCUT2D eigenvalue weighted by molar-refractivity contribution is -0.0248. The molecule has 4 aliphatic carbocycles. The predicted molar refractivity (Wildman–Crippen MR) is 82.0 cm³/mol. The van der Waals surface area contributed by atoms with E-state index in [2.05, 4.69) is 5.32 Å². The Labute approximate surface area is 126 Å². The molecule has 4 bridgehead atoms. The number of hydrogen-bond acceptors (Lipinski definition) is 3. The molecule has 0 aromatic heterocycles. The molecular weight excluding hydrogens is 262 g/mol. The van der Waals surface area contributed by atoms with Crippen LogP contribution in [-0.4, -0.2) is 22.3 Å². The summed E-state index contributed by atoms with van der Waals surface area (Å²) in [6, 6.07) is 6.97. The van der Waals surface area contributed by atoms with Crippen molar-refractivity contribution in [2.45, 2.75) is 50.2 Å². The lowest BCUT2D eigenvalue weighted by Gasteiger charge is -2.57. The van der Waals surface area contributed by atoms with Crippen molar-refractivity contribution in [3.05, 3.63) is 29.8 Å². The molecule has 4 fully saturated rings. The van der Waals surface area contributed by atoms with Crippen molar-refractivity contribution < 1.29 is 10.2 Å². The summed E-state index contributed by atoms with van der Waals surface area (Å²) in [4.78, 5) is 0. The average molecular weight is 287 g/mol. The van der Waals surface area contributed by atoms with Gasteiger partial charge in [0.05, 0.1) is 6.10 Å². The number of phenolic OH excluding ortho intramolecular Hbond substituents is 1. The van der Waals surface area contributed by atoms with E-state index in [-0.39, 0.29) is 11.3 Å². The fraction of sp³-hybridized carbons (Fsp3) is 0.667. The van der Waals surface area contributed by atoms with Crippen molar-refractivity contribution in [3.63, 3.8) is 0 Å². The Morgan fingerprint density at radius 1 is 1.10 bits per heavy atom. The van der Waals surface area contributed by atoms with Gasteiger partial charge >= 0.3 is 0 Å². The highest BCUT2D eigenvalue weighted by Gasteiger charge is 2.50. The van der Waals surface area contributed by atoms with Crippen LogP contribution in [0.25, 0.3) is 0 Å². The van der Waals surface area contributed by atoms with Gasteiger partial charge in [0.2, 0.25) is 0 Å². The average Bonchev–Trinajstić information content (AvgIpc) is 2.43. The molecule has 0 spiro atoms. The quantitative estimate of drug-likeness (QED) is 0.798. The van der Waals surface area contributed by atoms with Crippen molar-refractivity contribution >= 4 is 0 Å². The Hall–Kier alpha value is -1.06. The zero-order valence-electron chi connectivity index (χ0n) is 12.5. The van der Waals surface area contributed by atoms with Crippen molar-refractivity contribution in [3.8, 4) is 5.75 Å². The van der Waals surface area contributed by atoms with Crippen LogP contribution in [0.5, 0.6) is 5.75 Å². The van der Waals surface area contributed by atoms with Crippen LogP contribution in [0.2, 0.25) is 0 Å². The molecule has 1 aromatic carbocycles. The third-order valence-electron chi connectivity index (χ3n) is 5.96. The van der Waals surface area contributed by atoms with Gasteiger partial charge in [-0.05, 0) is 74.0 Å². The Morgan fingerprint density at radius 2 is 1.71 bits per heavy atom. The number of aromatic hydroxyl groups is 1. The smallest absolute Gasteiger partial charge is 0.115 e. The van der Waals surface area contributed by atoms with Crippen molar-refractivity contribution in [1.29, 1.82) is 0 Å². The molecule has 0 aliphatic heterocycles. The fourth-order valence-corrected chi connectivity index (χ4v) is 5.49. The maximum absolute atomic E-state index is 10.4. The topological polar surface area (TPSA) is 52.5 Å². The van der Waals surface area contributed by atoms with Crippen LogP contribution in [0.15, 0.2) is 24.3 Å². The number of phenols is 1. The summed E-state index contributed by atoms with van der Waals surface area (Å²) in [6.07, 6.45) is 7.68. The Bertz CT molecular complexity index is 492. The molecule has 21 heavy (non-hydrogen) atoms. The Morgan fingerprint density at radius 3 is 2.29 bits per heavy atom. The molecule has 1 atom stereocenters. The molecule has 1 aromatic rings. The summed E-state index contributed by atoms with van der Waals surface area (Å²) in [7, 11) is 0. The van der Waals surface area contributed by atoms with Crippen molar-refractivity contribution in [1.82, 2.24) is 5.32 Å². The highest BCUT2D eigenvalue weighted by Crippen LogP contribution is 2.55. The van der Waals surface area contributed by atoms with Crippen LogP contribution >= 0.6 is 0 Å². The first-order chi connectivity index (χ1) is 10.1. The van der Waals surface area contributed by atoms with E-state index in [0.29, 0.717) is 6.54 Å². The van der Waals surface area contributed by atoms with Crippen LogP contribution in [0.1, 0.15) is 50.2 Å². The molecule has 114 valence electrons. The standard InChI is InChI=1S/C18H25NO2/c20-16-3-1-2-15(7-16)17(21)11-19-18-8-12-4-13(9-18)6-14(5-12)10-18/h1-3,7,12-14,17,19-21H,4-6,8-11H2/t12?,13?,14?,17-,18?/m0/s1. The number of nitrogens with one attached hydrogen (secondary N) is 1. The molecule has 0 radical (unpaired) electrons. The van der Waals surface area contributed by atoms with Gasteiger partial charge in [0.25, 0.3) is 0 Å². The van der Waals surface area contributed by atoms with Crippen LogP contribution in [0.4, 0.5) is 0 Å². The highest BCUT2D eigenvalue weighted by molar-refractivity contribution is 5.28. The van der Waals surface area contributed by atoms with E-state index in [9.17, 15) is 10.2 Å². The van der Waals surface area contributed by atoms with Crippen LogP contribution in [0, 0.1) is 17.8 Å². The maximum Gasteiger partial charge on any atom is 0.115 e. The normalized spacial score (nSPS) is 38.6. The predicted octanol–water partition coefficient (Wildman–Crippen LogP) is 2.98. The number of aliphatic hydroxyl groups is 1. The summed E-state index contributed by atoms with van der Waals surface area (Å²) in [5.74, 6) is 2.98. The van der Waals surface area contributed by atoms with E-state index < -0.39 is 6.10 Å². The largest absolute Gasteiger partial charge is 0.508 e. The van der Waals surface area contributed by atoms with Gasteiger partial charge in [0.1, 0.15) is 5.75 Å². The summed E-state index contributed by atoms with van der Waals surface area (Å²) in [5, 5.41) is 23.6. The number of rotatable bonds is 4. The van der Waals surface area contributed by atoms with E-state index in [0.717, 1.165) is 23.3 Å². The number of hydrogen-bond donors (Lipinski definition) is 3. The lowest BCUT2D eigenvalue weighted by Crippen LogP contribution is -2.59. The van der Waals surface area contributed by atoms with E-state index in [4.69, 9.17) is 0 Å². The molecule has 3 N–H and O–H groups in total. The van der Waals surface area contributed by atoms with Gasteiger partial charge in [-0.1, -0.05) is 12.1 Å². The van der Waals surface area contributed by atoms with E-state index in [1.807, 2.05) is 6.07 Å². The monoisotopic (exact) mass is 287 g/mol. The van der Waals surface area contributed by atoms with Crippen molar-refractivity contribution in [2.75, 3.05) is 6.54 Å². The second kappa shape index (κ2) is 4.99. The summed E-state index contributed by atoms with van der Waals surface area (Å²) in [6.45, 7) is 0.593. The maximum atomic E-state index is 10.4. The van der Waals surface area contributed by atoms with E-state index in [1.54, 1.807) is 18.2 Å².